The standard InChI is InChI=1S/C14H18FN5O/c1-11(21-13-7-3-2-6-12(13)15)10-20-14(16-17-18-20)19-8-4-5-9-19/h2-3,6-7,11H,4-5,8-10H2,1H3/t11-/m0/s1. The molecule has 2 heterocycles. The Hall–Kier alpha value is -2.18. The number of hydrogen-bond acceptors (Lipinski definition) is 5. The highest BCUT2D eigenvalue weighted by atomic mass is 19.1. The zero-order valence-corrected chi connectivity index (χ0v) is 11.9. The lowest BCUT2D eigenvalue weighted by Gasteiger charge is -2.19. The van der Waals surface area contributed by atoms with Crippen LogP contribution in [-0.2, 0) is 6.54 Å². The van der Waals surface area contributed by atoms with Gasteiger partial charge in [0.25, 0.3) is 0 Å². The summed E-state index contributed by atoms with van der Waals surface area (Å²) in [6.45, 7) is 4.31. The van der Waals surface area contributed by atoms with Gasteiger partial charge < -0.3 is 9.64 Å². The number of nitrogens with zero attached hydrogens (tertiary/aromatic N) is 5. The third kappa shape index (κ3) is 3.12. The van der Waals surface area contributed by atoms with Crippen molar-refractivity contribution in [3.05, 3.63) is 30.1 Å². The molecule has 1 atom stereocenters. The Morgan fingerprint density at radius 2 is 2.05 bits per heavy atom. The second-order valence-corrected chi connectivity index (χ2v) is 5.21. The van der Waals surface area contributed by atoms with Gasteiger partial charge in [0, 0.05) is 13.1 Å². The molecule has 0 saturated carbocycles. The topological polar surface area (TPSA) is 56.1 Å². The maximum atomic E-state index is 13.6. The summed E-state index contributed by atoms with van der Waals surface area (Å²) in [5, 5.41) is 11.8. The molecule has 1 aromatic heterocycles. The first-order valence-corrected chi connectivity index (χ1v) is 7.16. The first-order chi connectivity index (χ1) is 10.2. The number of tetrazole rings is 1. The fourth-order valence-corrected chi connectivity index (χ4v) is 2.50. The number of rotatable bonds is 5. The predicted molar refractivity (Wildman–Crippen MR) is 75.8 cm³/mol. The number of anilines is 1. The van der Waals surface area contributed by atoms with Crippen molar-refractivity contribution in [2.45, 2.75) is 32.4 Å². The van der Waals surface area contributed by atoms with Crippen molar-refractivity contribution in [1.82, 2.24) is 20.2 Å². The molecular weight excluding hydrogens is 273 g/mol. The number of halogens is 1. The fraction of sp³-hybridized carbons (Fsp3) is 0.500. The minimum atomic E-state index is -0.360. The van der Waals surface area contributed by atoms with Gasteiger partial charge in [-0.1, -0.05) is 17.2 Å². The normalized spacial score (nSPS) is 16.2. The maximum Gasteiger partial charge on any atom is 0.245 e. The van der Waals surface area contributed by atoms with Gasteiger partial charge in [0.05, 0.1) is 6.54 Å². The Kier molecular flexibility index (Phi) is 3.98. The molecule has 0 bridgehead atoms. The first kappa shape index (κ1) is 13.8. The molecule has 1 fully saturated rings. The molecule has 0 N–H and O–H groups in total. The van der Waals surface area contributed by atoms with Gasteiger partial charge in [-0.3, -0.25) is 0 Å². The lowest BCUT2D eigenvalue weighted by Crippen LogP contribution is -2.27. The highest BCUT2D eigenvalue weighted by Gasteiger charge is 2.20. The second-order valence-electron chi connectivity index (χ2n) is 5.21. The summed E-state index contributed by atoms with van der Waals surface area (Å²) in [5.74, 6) is 0.651. The summed E-state index contributed by atoms with van der Waals surface area (Å²) in [5.41, 5.74) is 0. The molecular formula is C14H18FN5O. The molecule has 7 heteroatoms. The minimum absolute atomic E-state index is 0.230. The third-order valence-electron chi connectivity index (χ3n) is 3.50. The van der Waals surface area contributed by atoms with Crippen LogP contribution in [0.25, 0.3) is 0 Å². The van der Waals surface area contributed by atoms with Crippen LogP contribution in [0.3, 0.4) is 0 Å². The van der Waals surface area contributed by atoms with Crippen LogP contribution < -0.4 is 9.64 Å². The zero-order valence-electron chi connectivity index (χ0n) is 11.9. The van der Waals surface area contributed by atoms with Gasteiger partial charge in [-0.15, -0.1) is 0 Å². The van der Waals surface area contributed by atoms with Gasteiger partial charge in [-0.25, -0.2) is 9.07 Å². The minimum Gasteiger partial charge on any atom is -0.486 e. The van der Waals surface area contributed by atoms with Crippen LogP contribution in [0.1, 0.15) is 19.8 Å². The Morgan fingerprint density at radius 1 is 1.29 bits per heavy atom. The predicted octanol–water partition coefficient (Wildman–Crippen LogP) is 1.88. The van der Waals surface area contributed by atoms with Gasteiger partial charge in [0.15, 0.2) is 11.6 Å². The van der Waals surface area contributed by atoms with Crippen LogP contribution in [0.4, 0.5) is 10.3 Å². The molecule has 3 rings (SSSR count). The molecule has 0 radical (unpaired) electrons. The van der Waals surface area contributed by atoms with E-state index in [1.165, 1.54) is 6.07 Å². The van der Waals surface area contributed by atoms with E-state index < -0.39 is 0 Å². The quantitative estimate of drug-likeness (QED) is 0.842. The monoisotopic (exact) mass is 291 g/mol. The molecule has 6 nitrogen and oxygen atoms in total. The SMILES string of the molecule is C[C@@H](Cn1nnnc1N1CCCC1)Oc1ccccc1F. The summed E-state index contributed by atoms with van der Waals surface area (Å²) >= 11 is 0. The molecule has 1 aliphatic heterocycles. The Balaban J connectivity index is 1.66. The third-order valence-corrected chi connectivity index (χ3v) is 3.50. The van der Waals surface area contributed by atoms with E-state index in [-0.39, 0.29) is 17.7 Å². The van der Waals surface area contributed by atoms with Crippen molar-refractivity contribution in [2.24, 2.45) is 0 Å². The molecule has 1 aliphatic rings. The fourth-order valence-electron chi connectivity index (χ4n) is 2.50. The van der Waals surface area contributed by atoms with Gasteiger partial charge in [0.1, 0.15) is 6.10 Å². The Labute approximate surface area is 122 Å². The summed E-state index contributed by atoms with van der Waals surface area (Å²) in [6.07, 6.45) is 2.09. The van der Waals surface area contributed by atoms with Crippen LogP contribution in [0.5, 0.6) is 5.75 Å². The van der Waals surface area contributed by atoms with Crippen molar-refractivity contribution < 1.29 is 9.13 Å². The highest BCUT2D eigenvalue weighted by molar-refractivity contribution is 5.29. The number of hydrogen-bond donors (Lipinski definition) is 0. The van der Waals surface area contributed by atoms with Crippen LogP contribution in [0.15, 0.2) is 24.3 Å². The smallest absolute Gasteiger partial charge is 0.245 e. The molecule has 21 heavy (non-hydrogen) atoms. The maximum absolute atomic E-state index is 13.6. The van der Waals surface area contributed by atoms with Gasteiger partial charge in [0.2, 0.25) is 5.95 Å². The number of aromatic nitrogens is 4. The molecule has 0 aliphatic carbocycles. The van der Waals surface area contributed by atoms with Crippen LogP contribution in [0.2, 0.25) is 0 Å². The summed E-state index contributed by atoms with van der Waals surface area (Å²) in [7, 11) is 0. The van der Waals surface area contributed by atoms with E-state index in [4.69, 9.17) is 4.74 Å². The molecule has 0 unspecified atom stereocenters. The van der Waals surface area contributed by atoms with Crippen LogP contribution in [0, 0.1) is 5.82 Å². The molecule has 112 valence electrons. The molecule has 1 saturated heterocycles. The van der Waals surface area contributed by atoms with Gasteiger partial charge >= 0.3 is 0 Å². The summed E-state index contributed by atoms with van der Waals surface area (Å²) < 4.78 is 20.9. The Bertz CT molecular complexity index is 597. The summed E-state index contributed by atoms with van der Waals surface area (Å²) in [4.78, 5) is 2.16. The van der Waals surface area contributed by atoms with E-state index in [1.54, 1.807) is 22.9 Å². The number of benzene rings is 1. The van der Waals surface area contributed by atoms with E-state index in [9.17, 15) is 4.39 Å². The average Bonchev–Trinajstić information content (AvgIpc) is 3.11. The van der Waals surface area contributed by atoms with Crippen LogP contribution in [-0.4, -0.2) is 39.4 Å². The van der Waals surface area contributed by atoms with Crippen molar-refractivity contribution in [1.29, 1.82) is 0 Å². The van der Waals surface area contributed by atoms with Crippen LogP contribution >= 0.6 is 0 Å². The molecule has 0 amide bonds. The number of para-hydroxylation sites is 1. The van der Waals surface area contributed by atoms with Crippen molar-refractivity contribution in [3.8, 4) is 5.75 Å². The average molecular weight is 291 g/mol. The molecule has 0 spiro atoms. The van der Waals surface area contributed by atoms with Crippen molar-refractivity contribution >= 4 is 5.95 Å². The van der Waals surface area contributed by atoms with Crippen molar-refractivity contribution in [3.63, 3.8) is 0 Å². The summed E-state index contributed by atoms with van der Waals surface area (Å²) in [6, 6.07) is 6.39. The van der Waals surface area contributed by atoms with Gasteiger partial charge in [-0.05, 0) is 42.3 Å². The first-order valence-electron chi connectivity index (χ1n) is 7.16. The lowest BCUT2D eigenvalue weighted by molar-refractivity contribution is 0.185. The second kappa shape index (κ2) is 6.07. The highest BCUT2D eigenvalue weighted by Crippen LogP contribution is 2.19. The largest absolute Gasteiger partial charge is 0.486 e. The van der Waals surface area contributed by atoms with E-state index in [0.717, 1.165) is 31.9 Å². The van der Waals surface area contributed by atoms with E-state index >= 15 is 0 Å². The molecule has 1 aromatic carbocycles. The van der Waals surface area contributed by atoms with E-state index in [0.29, 0.717) is 6.54 Å². The van der Waals surface area contributed by atoms with Crippen molar-refractivity contribution in [2.75, 3.05) is 18.0 Å². The zero-order chi connectivity index (χ0) is 14.7. The van der Waals surface area contributed by atoms with E-state index in [2.05, 4.69) is 20.4 Å². The Morgan fingerprint density at radius 3 is 2.81 bits per heavy atom. The van der Waals surface area contributed by atoms with E-state index in [1.807, 2.05) is 6.92 Å². The molecule has 2 aromatic rings. The lowest BCUT2D eigenvalue weighted by atomic mass is 10.3. The number of ether oxygens (including phenoxy) is 1. The van der Waals surface area contributed by atoms with Gasteiger partial charge in [-0.2, -0.15) is 0 Å².